The third-order valence-corrected chi connectivity index (χ3v) is 2.56. The first-order valence-corrected chi connectivity index (χ1v) is 6.71. The van der Waals surface area contributed by atoms with E-state index in [1.807, 2.05) is 13.0 Å². The minimum Gasteiger partial charge on any atom is -0.371 e. The maximum atomic E-state index is 5.77. The van der Waals surface area contributed by atoms with Crippen molar-refractivity contribution in [1.29, 1.82) is 0 Å². The Kier molecular flexibility index (Phi) is 6.05. The van der Waals surface area contributed by atoms with E-state index in [0.29, 0.717) is 12.5 Å². The third kappa shape index (κ3) is 5.45. The van der Waals surface area contributed by atoms with Crippen LogP contribution in [0.4, 0.5) is 5.82 Å². The van der Waals surface area contributed by atoms with Gasteiger partial charge in [0.05, 0.1) is 6.10 Å². The maximum absolute atomic E-state index is 5.77. The lowest BCUT2D eigenvalue weighted by Crippen LogP contribution is -2.13. The molecule has 1 atom stereocenters. The van der Waals surface area contributed by atoms with E-state index in [1.54, 1.807) is 0 Å². The molecule has 0 radical (unpaired) electrons. The Morgan fingerprint density at radius 1 is 1.28 bits per heavy atom. The highest BCUT2D eigenvalue weighted by molar-refractivity contribution is 5.35. The molecule has 1 heterocycles. The first-order chi connectivity index (χ1) is 8.51. The van der Waals surface area contributed by atoms with Gasteiger partial charge in [-0.3, -0.25) is 0 Å². The smallest absolute Gasteiger partial charge is 0.156 e. The quantitative estimate of drug-likeness (QED) is 0.808. The van der Waals surface area contributed by atoms with E-state index >= 15 is 0 Å². The predicted molar refractivity (Wildman–Crippen MR) is 74.6 cm³/mol. The highest BCUT2D eigenvalue weighted by Gasteiger charge is 2.08. The van der Waals surface area contributed by atoms with Crippen molar-refractivity contribution in [3.05, 3.63) is 17.6 Å². The van der Waals surface area contributed by atoms with E-state index in [1.165, 1.54) is 0 Å². The summed E-state index contributed by atoms with van der Waals surface area (Å²) in [6, 6.07) is 1.95. The van der Waals surface area contributed by atoms with E-state index in [9.17, 15) is 0 Å². The average molecular weight is 251 g/mol. The van der Waals surface area contributed by atoms with Crippen molar-refractivity contribution in [2.45, 2.75) is 53.8 Å². The van der Waals surface area contributed by atoms with Gasteiger partial charge >= 0.3 is 0 Å². The van der Waals surface area contributed by atoms with Crippen LogP contribution in [0.25, 0.3) is 0 Å². The summed E-state index contributed by atoms with van der Waals surface area (Å²) in [5, 5.41) is 3.20. The van der Waals surface area contributed by atoms with E-state index in [0.717, 1.165) is 30.3 Å². The Morgan fingerprint density at radius 3 is 2.61 bits per heavy atom. The second-order valence-corrected chi connectivity index (χ2v) is 5.09. The van der Waals surface area contributed by atoms with Gasteiger partial charge < -0.3 is 10.1 Å². The normalized spacial score (nSPS) is 12.8. The van der Waals surface area contributed by atoms with Crippen LogP contribution in [0.1, 0.15) is 45.6 Å². The van der Waals surface area contributed by atoms with Crippen molar-refractivity contribution in [3.8, 4) is 0 Å². The summed E-state index contributed by atoms with van der Waals surface area (Å²) >= 11 is 0. The van der Waals surface area contributed by atoms with Crippen molar-refractivity contribution >= 4 is 5.82 Å². The molecule has 1 aromatic rings. The maximum Gasteiger partial charge on any atom is 0.156 e. The largest absolute Gasteiger partial charge is 0.371 e. The van der Waals surface area contributed by atoms with Crippen molar-refractivity contribution in [1.82, 2.24) is 9.97 Å². The van der Waals surface area contributed by atoms with E-state index in [-0.39, 0.29) is 6.10 Å². The fraction of sp³-hybridized carbons (Fsp3) is 0.714. The summed E-state index contributed by atoms with van der Waals surface area (Å²) in [7, 11) is 0. The molecule has 0 fully saturated rings. The highest BCUT2D eigenvalue weighted by atomic mass is 16.5. The summed E-state index contributed by atoms with van der Waals surface area (Å²) in [5.74, 6) is 2.28. The second-order valence-electron chi connectivity index (χ2n) is 5.09. The van der Waals surface area contributed by atoms with Crippen molar-refractivity contribution in [2.75, 3.05) is 11.9 Å². The Bertz CT molecular complexity index is 366. The number of anilines is 1. The predicted octanol–water partition coefficient (Wildman–Crippen LogP) is 3.17. The van der Waals surface area contributed by atoms with Crippen LogP contribution in [0, 0.1) is 12.8 Å². The minimum absolute atomic E-state index is 0.247. The number of rotatable bonds is 7. The van der Waals surface area contributed by atoms with Gasteiger partial charge in [-0.05, 0) is 33.1 Å². The molecule has 18 heavy (non-hydrogen) atoms. The SMILES string of the molecule is CCNc1cc(C)nc(COC(C)CC(C)C)n1. The van der Waals surface area contributed by atoms with Gasteiger partial charge in [0.15, 0.2) is 5.82 Å². The number of nitrogens with one attached hydrogen (secondary N) is 1. The summed E-state index contributed by atoms with van der Waals surface area (Å²) in [4.78, 5) is 8.82. The second kappa shape index (κ2) is 7.31. The Morgan fingerprint density at radius 2 is 2.00 bits per heavy atom. The molecule has 0 saturated heterocycles. The van der Waals surface area contributed by atoms with Gasteiger partial charge in [-0.25, -0.2) is 9.97 Å². The van der Waals surface area contributed by atoms with Gasteiger partial charge in [-0.15, -0.1) is 0 Å². The zero-order chi connectivity index (χ0) is 13.5. The molecule has 0 saturated carbocycles. The van der Waals surface area contributed by atoms with E-state index in [4.69, 9.17) is 4.74 Å². The summed E-state index contributed by atoms with van der Waals surface area (Å²) in [6.45, 7) is 11.9. The first-order valence-electron chi connectivity index (χ1n) is 6.71. The Labute approximate surface area is 110 Å². The topological polar surface area (TPSA) is 47.0 Å². The summed E-state index contributed by atoms with van der Waals surface area (Å²) in [5.41, 5.74) is 0.969. The zero-order valence-electron chi connectivity index (χ0n) is 12.2. The monoisotopic (exact) mass is 251 g/mol. The lowest BCUT2D eigenvalue weighted by atomic mass is 10.1. The Balaban J connectivity index is 2.56. The van der Waals surface area contributed by atoms with Crippen LogP contribution >= 0.6 is 0 Å². The Hall–Kier alpha value is -1.16. The molecule has 0 aliphatic rings. The van der Waals surface area contributed by atoms with Crippen LogP contribution in [0.3, 0.4) is 0 Å². The molecule has 4 nitrogen and oxygen atoms in total. The fourth-order valence-electron chi connectivity index (χ4n) is 1.91. The van der Waals surface area contributed by atoms with Gasteiger partial charge in [0, 0.05) is 18.3 Å². The molecule has 1 unspecified atom stereocenters. The number of hydrogen-bond donors (Lipinski definition) is 1. The van der Waals surface area contributed by atoms with Crippen LogP contribution in [0.15, 0.2) is 6.07 Å². The average Bonchev–Trinajstić information content (AvgIpc) is 2.25. The zero-order valence-corrected chi connectivity index (χ0v) is 12.2. The fourth-order valence-corrected chi connectivity index (χ4v) is 1.91. The van der Waals surface area contributed by atoms with Crippen LogP contribution in [-0.4, -0.2) is 22.6 Å². The van der Waals surface area contributed by atoms with Crippen molar-refractivity contribution in [3.63, 3.8) is 0 Å². The number of nitrogens with zero attached hydrogens (tertiary/aromatic N) is 2. The highest BCUT2D eigenvalue weighted by Crippen LogP contribution is 2.11. The van der Waals surface area contributed by atoms with Crippen LogP contribution in [0.5, 0.6) is 0 Å². The van der Waals surface area contributed by atoms with Crippen LogP contribution in [0.2, 0.25) is 0 Å². The molecule has 0 amide bonds. The molecule has 0 bridgehead atoms. The van der Waals surface area contributed by atoms with E-state index in [2.05, 4.69) is 43.0 Å². The number of aryl methyl sites for hydroxylation is 1. The van der Waals surface area contributed by atoms with Gasteiger partial charge in [0.2, 0.25) is 0 Å². The van der Waals surface area contributed by atoms with Gasteiger partial charge in [-0.2, -0.15) is 0 Å². The first kappa shape index (κ1) is 14.9. The molecule has 4 heteroatoms. The summed E-state index contributed by atoms with van der Waals surface area (Å²) < 4.78 is 5.77. The standard InChI is InChI=1S/C14H25N3O/c1-6-15-13-8-11(4)16-14(17-13)9-18-12(5)7-10(2)3/h8,10,12H,6-7,9H2,1-5H3,(H,15,16,17). The molecule has 102 valence electrons. The van der Waals surface area contributed by atoms with E-state index < -0.39 is 0 Å². The van der Waals surface area contributed by atoms with Gasteiger partial charge in [0.25, 0.3) is 0 Å². The number of hydrogen-bond acceptors (Lipinski definition) is 4. The minimum atomic E-state index is 0.247. The van der Waals surface area contributed by atoms with Gasteiger partial charge in [-0.1, -0.05) is 13.8 Å². The number of aromatic nitrogens is 2. The lowest BCUT2D eigenvalue weighted by molar-refractivity contribution is 0.0359. The third-order valence-electron chi connectivity index (χ3n) is 2.56. The van der Waals surface area contributed by atoms with Crippen molar-refractivity contribution in [2.24, 2.45) is 5.92 Å². The van der Waals surface area contributed by atoms with Crippen molar-refractivity contribution < 1.29 is 4.74 Å². The molecule has 1 N–H and O–H groups in total. The molecule has 0 aliphatic carbocycles. The number of ether oxygens (including phenoxy) is 1. The van der Waals surface area contributed by atoms with Gasteiger partial charge in [0.1, 0.15) is 12.4 Å². The molecule has 1 aromatic heterocycles. The molecular formula is C14H25N3O. The lowest BCUT2D eigenvalue weighted by Gasteiger charge is -2.15. The molecule has 1 rings (SSSR count). The van der Waals surface area contributed by atoms with Crippen LogP contribution in [-0.2, 0) is 11.3 Å². The summed E-state index contributed by atoms with van der Waals surface area (Å²) in [6.07, 6.45) is 1.31. The molecule has 0 aromatic carbocycles. The molecule has 0 aliphatic heterocycles. The molecular weight excluding hydrogens is 226 g/mol. The van der Waals surface area contributed by atoms with Crippen LogP contribution < -0.4 is 5.32 Å². The molecule has 0 spiro atoms.